The van der Waals surface area contributed by atoms with Gasteiger partial charge >= 0.3 is 0 Å². The summed E-state index contributed by atoms with van der Waals surface area (Å²) in [6.45, 7) is 0. The predicted molar refractivity (Wildman–Crippen MR) is 59.6 cm³/mol. The molecule has 1 fully saturated rings. The molecule has 16 heavy (non-hydrogen) atoms. The van der Waals surface area contributed by atoms with Gasteiger partial charge in [0.2, 0.25) is 0 Å². The molecule has 0 aliphatic carbocycles. The second kappa shape index (κ2) is 4.10. The van der Waals surface area contributed by atoms with Crippen LogP contribution in [0.15, 0.2) is 18.3 Å². The maximum Gasteiger partial charge on any atom is 0.152 e. The molecule has 1 aromatic rings. The van der Waals surface area contributed by atoms with Crippen LogP contribution in [0, 0.1) is 11.3 Å². The van der Waals surface area contributed by atoms with Gasteiger partial charge in [0.15, 0.2) is 9.84 Å². The van der Waals surface area contributed by atoms with Gasteiger partial charge in [-0.1, -0.05) is 0 Å². The standard InChI is InChI=1S/C10H11N3O2S/c11-6-8-2-1-4-12-10(8)13-9-3-5-16(14,15)7-9/h1-2,4,9H,3,5,7H2,(H,12,13). The lowest BCUT2D eigenvalue weighted by Gasteiger charge is -2.11. The fourth-order valence-electron chi connectivity index (χ4n) is 1.71. The molecule has 1 N–H and O–H groups in total. The zero-order valence-corrected chi connectivity index (χ0v) is 9.37. The number of hydrogen-bond donors (Lipinski definition) is 1. The van der Waals surface area contributed by atoms with Crippen molar-refractivity contribution < 1.29 is 8.42 Å². The van der Waals surface area contributed by atoms with Crippen molar-refractivity contribution in [1.82, 2.24) is 4.98 Å². The number of pyridine rings is 1. The van der Waals surface area contributed by atoms with Crippen LogP contribution in [0.3, 0.4) is 0 Å². The zero-order valence-electron chi connectivity index (χ0n) is 8.55. The Kier molecular flexibility index (Phi) is 2.79. The number of sulfone groups is 1. The quantitative estimate of drug-likeness (QED) is 0.812. The molecule has 1 aliphatic heterocycles. The molecule has 6 heteroatoms. The van der Waals surface area contributed by atoms with Gasteiger partial charge in [-0.15, -0.1) is 0 Å². The summed E-state index contributed by atoms with van der Waals surface area (Å²) in [6, 6.07) is 5.21. The SMILES string of the molecule is N#Cc1cccnc1NC1CCS(=O)(=O)C1. The van der Waals surface area contributed by atoms with Crippen molar-refractivity contribution in [2.75, 3.05) is 16.8 Å². The van der Waals surface area contributed by atoms with Crippen molar-refractivity contribution in [3.8, 4) is 6.07 Å². The average Bonchev–Trinajstić information content (AvgIpc) is 2.59. The Morgan fingerprint density at radius 1 is 1.56 bits per heavy atom. The average molecular weight is 237 g/mol. The summed E-state index contributed by atoms with van der Waals surface area (Å²) in [5.41, 5.74) is 0.437. The van der Waals surface area contributed by atoms with Crippen molar-refractivity contribution in [3.63, 3.8) is 0 Å². The van der Waals surface area contributed by atoms with Crippen LogP contribution < -0.4 is 5.32 Å². The van der Waals surface area contributed by atoms with Crippen molar-refractivity contribution >= 4 is 15.7 Å². The molecule has 2 heterocycles. The number of hydrogen-bond acceptors (Lipinski definition) is 5. The number of nitrogens with one attached hydrogen (secondary N) is 1. The van der Waals surface area contributed by atoms with Gasteiger partial charge in [-0.25, -0.2) is 13.4 Å². The fraction of sp³-hybridized carbons (Fsp3) is 0.400. The van der Waals surface area contributed by atoms with E-state index >= 15 is 0 Å². The Morgan fingerprint density at radius 3 is 3.00 bits per heavy atom. The maximum atomic E-state index is 11.3. The van der Waals surface area contributed by atoms with Gasteiger partial charge in [0, 0.05) is 12.2 Å². The molecule has 1 aliphatic rings. The largest absolute Gasteiger partial charge is 0.365 e. The van der Waals surface area contributed by atoms with E-state index in [1.165, 1.54) is 0 Å². The first-order valence-electron chi connectivity index (χ1n) is 4.93. The van der Waals surface area contributed by atoms with Gasteiger partial charge in [0.25, 0.3) is 0 Å². The smallest absolute Gasteiger partial charge is 0.152 e. The Labute approximate surface area is 94.0 Å². The van der Waals surface area contributed by atoms with E-state index in [-0.39, 0.29) is 17.5 Å². The first-order valence-corrected chi connectivity index (χ1v) is 6.75. The van der Waals surface area contributed by atoms with Crippen molar-refractivity contribution in [2.24, 2.45) is 0 Å². The summed E-state index contributed by atoms with van der Waals surface area (Å²) in [6.07, 6.45) is 2.15. The van der Waals surface area contributed by atoms with E-state index in [4.69, 9.17) is 5.26 Å². The third-order valence-electron chi connectivity index (χ3n) is 2.50. The van der Waals surface area contributed by atoms with Crippen LogP contribution in [0.5, 0.6) is 0 Å². The minimum Gasteiger partial charge on any atom is -0.365 e. The third-order valence-corrected chi connectivity index (χ3v) is 4.27. The van der Waals surface area contributed by atoms with E-state index in [1.807, 2.05) is 6.07 Å². The number of rotatable bonds is 2. The summed E-state index contributed by atoms with van der Waals surface area (Å²) >= 11 is 0. The van der Waals surface area contributed by atoms with Gasteiger partial charge in [0.05, 0.1) is 17.1 Å². The van der Waals surface area contributed by atoms with Crippen LogP contribution in [-0.4, -0.2) is 30.9 Å². The number of nitriles is 1. The number of anilines is 1. The van der Waals surface area contributed by atoms with Crippen LogP contribution >= 0.6 is 0 Å². The molecule has 0 saturated carbocycles. The van der Waals surface area contributed by atoms with Crippen molar-refractivity contribution in [1.29, 1.82) is 5.26 Å². The Hall–Kier alpha value is -1.61. The van der Waals surface area contributed by atoms with Crippen LogP contribution in [0.2, 0.25) is 0 Å². The van der Waals surface area contributed by atoms with Gasteiger partial charge in [-0.3, -0.25) is 0 Å². The van der Waals surface area contributed by atoms with E-state index in [0.717, 1.165) is 0 Å². The topological polar surface area (TPSA) is 82.8 Å². The molecule has 0 amide bonds. The van der Waals surface area contributed by atoms with E-state index in [2.05, 4.69) is 10.3 Å². The van der Waals surface area contributed by atoms with Gasteiger partial charge in [0.1, 0.15) is 11.9 Å². The van der Waals surface area contributed by atoms with Crippen LogP contribution in [0.25, 0.3) is 0 Å². The van der Waals surface area contributed by atoms with E-state index < -0.39 is 9.84 Å². The lowest BCUT2D eigenvalue weighted by molar-refractivity contribution is 0.602. The molecule has 5 nitrogen and oxygen atoms in total. The summed E-state index contributed by atoms with van der Waals surface area (Å²) < 4.78 is 22.5. The minimum atomic E-state index is -2.91. The lowest BCUT2D eigenvalue weighted by atomic mass is 10.2. The molecule has 1 aromatic heterocycles. The number of nitrogens with zero attached hydrogens (tertiary/aromatic N) is 2. The fourth-order valence-corrected chi connectivity index (χ4v) is 3.39. The molecule has 2 rings (SSSR count). The zero-order chi connectivity index (χ0) is 11.6. The number of aromatic nitrogens is 1. The molecule has 1 atom stereocenters. The molecular formula is C10H11N3O2S. The molecule has 0 bridgehead atoms. The summed E-state index contributed by atoms with van der Waals surface area (Å²) in [5.74, 6) is 0.792. The van der Waals surface area contributed by atoms with E-state index in [9.17, 15) is 8.42 Å². The monoisotopic (exact) mass is 237 g/mol. The van der Waals surface area contributed by atoms with Crippen molar-refractivity contribution in [2.45, 2.75) is 12.5 Å². The normalized spacial score (nSPS) is 22.6. The highest BCUT2D eigenvalue weighted by Crippen LogP contribution is 2.18. The summed E-state index contributed by atoms with van der Waals surface area (Å²) in [4.78, 5) is 4.03. The minimum absolute atomic E-state index is 0.119. The second-order valence-corrected chi connectivity index (χ2v) is 5.98. The van der Waals surface area contributed by atoms with E-state index in [1.54, 1.807) is 18.3 Å². The molecule has 0 spiro atoms. The first kappa shape index (κ1) is 10.9. The Bertz CT molecular complexity index is 533. The van der Waals surface area contributed by atoms with Crippen molar-refractivity contribution in [3.05, 3.63) is 23.9 Å². The molecular weight excluding hydrogens is 226 g/mol. The predicted octanol–water partition coefficient (Wildman–Crippen LogP) is 0.552. The van der Waals surface area contributed by atoms with E-state index in [0.29, 0.717) is 17.8 Å². The molecule has 0 radical (unpaired) electrons. The van der Waals surface area contributed by atoms with Crippen LogP contribution in [-0.2, 0) is 9.84 Å². The molecule has 84 valence electrons. The highest BCUT2D eigenvalue weighted by atomic mass is 32.2. The summed E-state index contributed by atoms with van der Waals surface area (Å²) in [5, 5.41) is 11.8. The third kappa shape index (κ3) is 2.31. The van der Waals surface area contributed by atoms with Gasteiger partial charge < -0.3 is 5.32 Å². The first-order chi connectivity index (χ1) is 7.61. The maximum absolute atomic E-state index is 11.3. The van der Waals surface area contributed by atoms with Gasteiger partial charge in [-0.2, -0.15) is 5.26 Å². The molecule has 0 aromatic carbocycles. The Morgan fingerprint density at radius 2 is 2.38 bits per heavy atom. The lowest BCUT2D eigenvalue weighted by Crippen LogP contribution is -2.21. The van der Waals surface area contributed by atoms with Gasteiger partial charge in [-0.05, 0) is 18.6 Å². The summed E-state index contributed by atoms with van der Waals surface area (Å²) in [7, 11) is -2.91. The molecule has 1 saturated heterocycles. The van der Waals surface area contributed by atoms with Crippen LogP contribution in [0.1, 0.15) is 12.0 Å². The second-order valence-electron chi connectivity index (χ2n) is 3.76. The molecule has 1 unspecified atom stereocenters. The van der Waals surface area contributed by atoms with Crippen LogP contribution in [0.4, 0.5) is 5.82 Å². The highest BCUT2D eigenvalue weighted by Gasteiger charge is 2.28. The Balaban J connectivity index is 2.14. The highest BCUT2D eigenvalue weighted by molar-refractivity contribution is 7.91.